The Bertz CT molecular complexity index is 612. The molecule has 0 radical (unpaired) electrons. The van der Waals surface area contributed by atoms with Gasteiger partial charge in [0.25, 0.3) is 0 Å². The maximum atomic E-state index is 13.1. The Morgan fingerprint density at radius 1 is 1.33 bits per heavy atom. The number of nitrogens with zero attached hydrogens (tertiary/aromatic N) is 2. The van der Waals surface area contributed by atoms with E-state index >= 15 is 0 Å². The molecule has 1 aliphatic rings. The van der Waals surface area contributed by atoms with E-state index in [0.717, 1.165) is 38.0 Å². The van der Waals surface area contributed by atoms with Crippen LogP contribution >= 0.6 is 0 Å². The highest BCUT2D eigenvalue weighted by Gasteiger charge is 2.41. The molecular formula is C17H21N3O. The summed E-state index contributed by atoms with van der Waals surface area (Å²) >= 11 is 0. The number of ketones is 1. The summed E-state index contributed by atoms with van der Waals surface area (Å²) in [4.78, 5) is 13.1. The Labute approximate surface area is 125 Å². The molecule has 4 nitrogen and oxygen atoms in total. The quantitative estimate of drug-likeness (QED) is 0.858. The minimum atomic E-state index is -0.263. The van der Waals surface area contributed by atoms with Gasteiger partial charge in [0.2, 0.25) is 0 Å². The maximum absolute atomic E-state index is 13.1. The zero-order valence-electron chi connectivity index (χ0n) is 12.4. The highest BCUT2D eigenvalue weighted by molar-refractivity contribution is 6.00. The van der Waals surface area contributed by atoms with Crippen LogP contribution in [0.15, 0.2) is 42.6 Å². The summed E-state index contributed by atoms with van der Waals surface area (Å²) in [7, 11) is 0. The van der Waals surface area contributed by atoms with Crippen molar-refractivity contribution in [3.63, 3.8) is 0 Å². The van der Waals surface area contributed by atoms with Crippen molar-refractivity contribution in [2.45, 2.75) is 26.2 Å². The van der Waals surface area contributed by atoms with Gasteiger partial charge in [-0.05, 0) is 37.6 Å². The SMILES string of the molecule is CCCC1(C(=O)c2ccnn2-c2ccccc2)CCNC1. The van der Waals surface area contributed by atoms with Crippen LogP contribution < -0.4 is 5.32 Å². The first-order valence-electron chi connectivity index (χ1n) is 7.62. The van der Waals surface area contributed by atoms with Gasteiger partial charge in [0.1, 0.15) is 5.69 Å². The lowest BCUT2D eigenvalue weighted by Gasteiger charge is -2.26. The molecule has 1 saturated heterocycles. The number of hydrogen-bond donors (Lipinski definition) is 1. The monoisotopic (exact) mass is 283 g/mol. The number of carbonyl (C=O) groups is 1. The average molecular weight is 283 g/mol. The fourth-order valence-electron chi connectivity index (χ4n) is 3.26. The van der Waals surface area contributed by atoms with Crippen LogP contribution in [0, 0.1) is 5.41 Å². The van der Waals surface area contributed by atoms with Crippen molar-refractivity contribution in [2.75, 3.05) is 13.1 Å². The van der Waals surface area contributed by atoms with E-state index in [1.54, 1.807) is 10.9 Å². The Morgan fingerprint density at radius 2 is 2.14 bits per heavy atom. The zero-order chi connectivity index (χ0) is 14.7. The van der Waals surface area contributed by atoms with Gasteiger partial charge in [-0.25, -0.2) is 4.68 Å². The van der Waals surface area contributed by atoms with Gasteiger partial charge in [-0.15, -0.1) is 0 Å². The molecular weight excluding hydrogens is 262 g/mol. The van der Waals surface area contributed by atoms with Gasteiger partial charge in [0.15, 0.2) is 5.78 Å². The molecule has 110 valence electrons. The second-order valence-corrected chi connectivity index (χ2v) is 5.75. The van der Waals surface area contributed by atoms with Crippen LogP contribution in [0.5, 0.6) is 0 Å². The molecule has 0 saturated carbocycles. The topological polar surface area (TPSA) is 46.9 Å². The number of hydrogen-bond acceptors (Lipinski definition) is 3. The van der Waals surface area contributed by atoms with E-state index in [0.29, 0.717) is 5.69 Å². The largest absolute Gasteiger partial charge is 0.316 e. The molecule has 1 fully saturated rings. The lowest BCUT2D eigenvalue weighted by Crippen LogP contribution is -2.34. The minimum absolute atomic E-state index is 0.218. The molecule has 0 bridgehead atoms. The van der Waals surface area contributed by atoms with E-state index in [1.165, 1.54) is 0 Å². The van der Waals surface area contributed by atoms with Crippen LogP contribution in [0.1, 0.15) is 36.7 Å². The molecule has 0 amide bonds. The van der Waals surface area contributed by atoms with E-state index in [1.807, 2.05) is 36.4 Å². The molecule has 2 heterocycles. The normalized spacial score (nSPS) is 21.6. The van der Waals surface area contributed by atoms with Gasteiger partial charge >= 0.3 is 0 Å². The summed E-state index contributed by atoms with van der Waals surface area (Å²) in [6.07, 6.45) is 4.58. The Kier molecular flexibility index (Phi) is 3.88. The van der Waals surface area contributed by atoms with Crippen LogP contribution in [0.25, 0.3) is 5.69 Å². The molecule has 0 aliphatic carbocycles. The molecule has 1 atom stereocenters. The number of rotatable bonds is 5. The predicted octanol–water partition coefficient (Wildman–Crippen LogP) is 2.83. The van der Waals surface area contributed by atoms with Crippen molar-refractivity contribution >= 4 is 5.78 Å². The molecule has 1 aliphatic heterocycles. The highest BCUT2D eigenvalue weighted by atomic mass is 16.1. The van der Waals surface area contributed by atoms with Gasteiger partial charge < -0.3 is 5.32 Å². The van der Waals surface area contributed by atoms with Gasteiger partial charge in [-0.3, -0.25) is 4.79 Å². The molecule has 21 heavy (non-hydrogen) atoms. The first-order chi connectivity index (χ1) is 10.3. The highest BCUT2D eigenvalue weighted by Crippen LogP contribution is 2.35. The van der Waals surface area contributed by atoms with Crippen molar-refractivity contribution in [3.8, 4) is 5.69 Å². The second kappa shape index (κ2) is 5.82. The third-order valence-corrected chi connectivity index (χ3v) is 4.33. The number of carbonyl (C=O) groups excluding carboxylic acids is 1. The Hall–Kier alpha value is -1.94. The first kappa shape index (κ1) is 14.0. The molecule has 1 N–H and O–H groups in total. The number of para-hydroxylation sites is 1. The summed E-state index contributed by atoms with van der Waals surface area (Å²) in [6.45, 7) is 3.84. The Morgan fingerprint density at radius 3 is 2.81 bits per heavy atom. The molecule has 3 rings (SSSR count). The smallest absolute Gasteiger partial charge is 0.188 e. The second-order valence-electron chi connectivity index (χ2n) is 5.75. The van der Waals surface area contributed by atoms with Crippen LogP contribution in [0.4, 0.5) is 0 Å². The van der Waals surface area contributed by atoms with Crippen molar-refractivity contribution < 1.29 is 4.79 Å². The summed E-state index contributed by atoms with van der Waals surface area (Å²) in [5, 5.41) is 7.70. The summed E-state index contributed by atoms with van der Waals surface area (Å²) < 4.78 is 1.76. The lowest BCUT2D eigenvalue weighted by molar-refractivity contribution is 0.0793. The van der Waals surface area contributed by atoms with E-state index in [9.17, 15) is 4.79 Å². The van der Waals surface area contributed by atoms with E-state index in [4.69, 9.17) is 0 Å². The van der Waals surface area contributed by atoms with Crippen LogP contribution in [-0.4, -0.2) is 28.7 Å². The van der Waals surface area contributed by atoms with E-state index in [2.05, 4.69) is 17.3 Å². The average Bonchev–Trinajstić information content (AvgIpc) is 3.17. The summed E-state index contributed by atoms with van der Waals surface area (Å²) in [6, 6.07) is 11.7. The molecule has 1 aromatic heterocycles. The minimum Gasteiger partial charge on any atom is -0.316 e. The van der Waals surface area contributed by atoms with Gasteiger partial charge in [0.05, 0.1) is 11.9 Å². The fraction of sp³-hybridized carbons (Fsp3) is 0.412. The van der Waals surface area contributed by atoms with Crippen LogP contribution in [0.2, 0.25) is 0 Å². The van der Waals surface area contributed by atoms with Crippen molar-refractivity contribution in [2.24, 2.45) is 5.41 Å². The first-order valence-corrected chi connectivity index (χ1v) is 7.62. The van der Waals surface area contributed by atoms with Crippen LogP contribution in [0.3, 0.4) is 0 Å². The zero-order valence-corrected chi connectivity index (χ0v) is 12.4. The molecule has 1 aromatic carbocycles. The number of nitrogens with one attached hydrogen (secondary N) is 1. The van der Waals surface area contributed by atoms with Gasteiger partial charge in [-0.1, -0.05) is 31.5 Å². The van der Waals surface area contributed by atoms with Crippen LogP contribution in [-0.2, 0) is 0 Å². The van der Waals surface area contributed by atoms with Crippen molar-refractivity contribution in [1.82, 2.24) is 15.1 Å². The van der Waals surface area contributed by atoms with Crippen molar-refractivity contribution in [3.05, 3.63) is 48.3 Å². The fourth-order valence-corrected chi connectivity index (χ4v) is 3.26. The lowest BCUT2D eigenvalue weighted by atomic mass is 9.77. The summed E-state index contributed by atoms with van der Waals surface area (Å²) in [5.41, 5.74) is 1.36. The van der Waals surface area contributed by atoms with E-state index in [-0.39, 0.29) is 11.2 Å². The number of aromatic nitrogens is 2. The molecule has 4 heteroatoms. The summed E-state index contributed by atoms with van der Waals surface area (Å²) in [5.74, 6) is 0.218. The third-order valence-electron chi connectivity index (χ3n) is 4.33. The number of Topliss-reactive ketones (excluding diaryl/α,β-unsaturated/α-hetero) is 1. The Balaban J connectivity index is 1.97. The van der Waals surface area contributed by atoms with Crippen molar-refractivity contribution in [1.29, 1.82) is 0 Å². The van der Waals surface area contributed by atoms with E-state index < -0.39 is 0 Å². The molecule has 2 aromatic rings. The standard InChI is InChI=1S/C17H21N3O/c1-2-9-17(10-12-18-13-17)16(21)15-8-11-19-20(15)14-6-4-3-5-7-14/h3-8,11,18H,2,9-10,12-13H2,1H3. The maximum Gasteiger partial charge on any atom is 0.188 e. The predicted molar refractivity (Wildman–Crippen MR) is 82.7 cm³/mol. The molecule has 1 unspecified atom stereocenters. The number of benzene rings is 1. The third kappa shape index (κ3) is 2.51. The molecule has 0 spiro atoms. The van der Waals surface area contributed by atoms with Gasteiger partial charge in [-0.2, -0.15) is 5.10 Å². The van der Waals surface area contributed by atoms with Gasteiger partial charge in [0, 0.05) is 12.0 Å².